The molecule has 0 radical (unpaired) electrons. The molecule has 1 rings (SSSR count). The third-order valence-electron chi connectivity index (χ3n) is 2.84. The van der Waals surface area contributed by atoms with Crippen molar-refractivity contribution < 1.29 is 12.8 Å². The Balaban J connectivity index is 3.13. The lowest BCUT2D eigenvalue weighted by Crippen LogP contribution is -2.37. The van der Waals surface area contributed by atoms with Crippen LogP contribution in [0.1, 0.15) is 12.5 Å². The first-order valence-electron chi connectivity index (χ1n) is 5.66. The van der Waals surface area contributed by atoms with Gasteiger partial charge in [0.2, 0.25) is 10.0 Å². The van der Waals surface area contributed by atoms with Crippen molar-refractivity contribution in [1.82, 2.24) is 4.31 Å². The molecule has 0 saturated heterocycles. The molecule has 0 saturated carbocycles. The average Bonchev–Trinajstić information content (AvgIpc) is 2.37. The monoisotopic (exact) mass is 325 g/mol. The van der Waals surface area contributed by atoms with E-state index in [2.05, 4.69) is 0 Å². The number of sulfonamides is 1. The Bertz CT molecular complexity index is 537. The van der Waals surface area contributed by atoms with Crippen molar-refractivity contribution in [2.24, 2.45) is 0 Å². The van der Waals surface area contributed by atoms with E-state index in [1.807, 2.05) is 6.26 Å². The minimum Gasteiger partial charge on any atom is -0.207 e. The highest BCUT2D eigenvalue weighted by Gasteiger charge is 2.27. The van der Waals surface area contributed by atoms with Gasteiger partial charge < -0.3 is 0 Å². The summed E-state index contributed by atoms with van der Waals surface area (Å²) in [6.07, 6.45) is 1.90. The van der Waals surface area contributed by atoms with Gasteiger partial charge in [0.1, 0.15) is 10.7 Å². The van der Waals surface area contributed by atoms with E-state index in [9.17, 15) is 12.8 Å². The van der Waals surface area contributed by atoms with E-state index in [0.717, 1.165) is 6.07 Å². The molecule has 1 atom stereocenters. The van der Waals surface area contributed by atoms with Crippen LogP contribution >= 0.6 is 23.4 Å². The SMILES string of the molecule is CSCC(C)N(C)S(=O)(=O)c1ccc(CCl)cc1F. The molecule has 0 amide bonds. The molecule has 0 spiro atoms. The Morgan fingerprint density at radius 3 is 2.58 bits per heavy atom. The van der Waals surface area contributed by atoms with Gasteiger partial charge in [0.25, 0.3) is 0 Å². The second-order valence-electron chi connectivity index (χ2n) is 4.22. The summed E-state index contributed by atoms with van der Waals surface area (Å²) in [7, 11) is -2.35. The van der Waals surface area contributed by atoms with Crippen molar-refractivity contribution in [3.05, 3.63) is 29.6 Å². The summed E-state index contributed by atoms with van der Waals surface area (Å²) in [5.74, 6) is 0.0361. The molecule has 3 nitrogen and oxygen atoms in total. The third-order valence-corrected chi connectivity index (χ3v) is 5.97. The van der Waals surface area contributed by atoms with Crippen LogP contribution in [0.3, 0.4) is 0 Å². The van der Waals surface area contributed by atoms with Crippen molar-refractivity contribution in [1.29, 1.82) is 0 Å². The van der Waals surface area contributed by atoms with Gasteiger partial charge in [-0.05, 0) is 30.9 Å². The van der Waals surface area contributed by atoms with Crippen LogP contribution in [0, 0.1) is 5.82 Å². The van der Waals surface area contributed by atoms with Gasteiger partial charge in [-0.3, -0.25) is 0 Å². The molecule has 0 bridgehead atoms. The predicted octanol–water partition coefficient (Wildman–Crippen LogP) is 2.94. The molecule has 0 heterocycles. The van der Waals surface area contributed by atoms with Crippen LogP contribution in [0.4, 0.5) is 4.39 Å². The number of hydrogen-bond donors (Lipinski definition) is 0. The standard InChI is InChI=1S/C12H17ClFNO2S2/c1-9(8-18-3)15(2)19(16,17)12-5-4-10(7-13)6-11(12)14/h4-6,9H,7-8H2,1-3H3. The lowest BCUT2D eigenvalue weighted by molar-refractivity contribution is 0.411. The second-order valence-corrected chi connectivity index (χ2v) is 7.37. The molecule has 1 aromatic carbocycles. The molecule has 0 N–H and O–H groups in total. The fraction of sp³-hybridized carbons (Fsp3) is 0.500. The predicted molar refractivity (Wildman–Crippen MR) is 78.7 cm³/mol. The first-order valence-corrected chi connectivity index (χ1v) is 9.02. The van der Waals surface area contributed by atoms with Gasteiger partial charge in [-0.25, -0.2) is 12.8 Å². The number of thioether (sulfide) groups is 1. The average molecular weight is 326 g/mol. The van der Waals surface area contributed by atoms with Gasteiger partial charge in [0.05, 0.1) is 0 Å². The second kappa shape index (κ2) is 6.92. The van der Waals surface area contributed by atoms with Gasteiger partial charge in [-0.15, -0.1) is 11.6 Å². The summed E-state index contributed by atoms with van der Waals surface area (Å²) in [6, 6.07) is 3.75. The molecule has 0 aliphatic carbocycles. The van der Waals surface area contributed by atoms with Crippen LogP contribution in [0.15, 0.2) is 23.1 Å². The van der Waals surface area contributed by atoms with Crippen LogP contribution in [0.5, 0.6) is 0 Å². The Kier molecular flexibility index (Phi) is 6.11. The van der Waals surface area contributed by atoms with Gasteiger partial charge in [-0.1, -0.05) is 6.07 Å². The summed E-state index contributed by atoms with van der Waals surface area (Å²) < 4.78 is 39.7. The minimum atomic E-state index is -3.81. The largest absolute Gasteiger partial charge is 0.246 e. The number of nitrogens with zero attached hydrogens (tertiary/aromatic N) is 1. The fourth-order valence-electron chi connectivity index (χ4n) is 1.57. The molecule has 0 aliphatic heterocycles. The Morgan fingerprint density at radius 1 is 1.47 bits per heavy atom. The zero-order valence-electron chi connectivity index (χ0n) is 11.1. The molecule has 1 unspecified atom stereocenters. The summed E-state index contributed by atoms with van der Waals surface area (Å²) in [5.41, 5.74) is 0.554. The van der Waals surface area contributed by atoms with Gasteiger partial charge >= 0.3 is 0 Å². The molecule has 0 fully saturated rings. The van der Waals surface area contributed by atoms with E-state index in [1.54, 1.807) is 18.7 Å². The van der Waals surface area contributed by atoms with E-state index in [1.165, 1.54) is 23.5 Å². The minimum absolute atomic E-state index is 0.149. The van der Waals surface area contributed by atoms with E-state index in [-0.39, 0.29) is 16.8 Å². The van der Waals surface area contributed by atoms with Crippen LogP contribution < -0.4 is 0 Å². The molecule has 0 aliphatic rings. The molecule has 0 aromatic heterocycles. The molecule has 19 heavy (non-hydrogen) atoms. The van der Waals surface area contributed by atoms with Gasteiger partial charge in [-0.2, -0.15) is 16.1 Å². The van der Waals surface area contributed by atoms with Gasteiger partial charge in [0.15, 0.2) is 0 Å². The molecular formula is C12H17ClFNO2S2. The molecular weight excluding hydrogens is 309 g/mol. The summed E-state index contributed by atoms with van der Waals surface area (Å²) in [6.45, 7) is 1.79. The Hall–Kier alpha value is -0.300. The highest BCUT2D eigenvalue weighted by Crippen LogP contribution is 2.22. The van der Waals surface area contributed by atoms with Crippen molar-refractivity contribution in [3.8, 4) is 0 Å². The maximum absolute atomic E-state index is 13.9. The van der Waals surface area contributed by atoms with E-state index >= 15 is 0 Å². The summed E-state index contributed by atoms with van der Waals surface area (Å²) in [5, 5.41) is 0. The zero-order valence-corrected chi connectivity index (χ0v) is 13.4. The highest BCUT2D eigenvalue weighted by molar-refractivity contribution is 7.98. The Labute approximate surface area is 123 Å². The normalized spacial score (nSPS) is 13.8. The van der Waals surface area contributed by atoms with Crippen molar-refractivity contribution in [3.63, 3.8) is 0 Å². The van der Waals surface area contributed by atoms with Crippen molar-refractivity contribution >= 4 is 33.4 Å². The lowest BCUT2D eigenvalue weighted by atomic mass is 10.2. The number of rotatable bonds is 6. The van der Waals surface area contributed by atoms with Gasteiger partial charge in [0, 0.05) is 24.7 Å². The Morgan fingerprint density at radius 2 is 2.11 bits per heavy atom. The van der Waals surface area contributed by atoms with Crippen LogP contribution in [-0.2, 0) is 15.9 Å². The van der Waals surface area contributed by atoms with E-state index < -0.39 is 15.8 Å². The summed E-state index contributed by atoms with van der Waals surface area (Å²) >= 11 is 7.13. The smallest absolute Gasteiger partial charge is 0.207 e. The van der Waals surface area contributed by atoms with E-state index in [4.69, 9.17) is 11.6 Å². The molecule has 1 aromatic rings. The first kappa shape index (κ1) is 16.8. The maximum atomic E-state index is 13.9. The third kappa shape index (κ3) is 3.84. The lowest BCUT2D eigenvalue weighted by Gasteiger charge is -2.24. The topological polar surface area (TPSA) is 37.4 Å². The maximum Gasteiger partial charge on any atom is 0.246 e. The number of hydrogen-bond acceptors (Lipinski definition) is 3. The number of benzene rings is 1. The first-order chi connectivity index (χ1) is 8.84. The molecule has 7 heteroatoms. The molecule has 108 valence electrons. The zero-order chi connectivity index (χ0) is 14.6. The quantitative estimate of drug-likeness (QED) is 0.755. The highest BCUT2D eigenvalue weighted by atomic mass is 35.5. The van der Waals surface area contributed by atoms with Crippen molar-refractivity contribution in [2.75, 3.05) is 19.1 Å². The van der Waals surface area contributed by atoms with Crippen molar-refractivity contribution in [2.45, 2.75) is 23.7 Å². The van der Waals surface area contributed by atoms with Crippen LogP contribution in [-0.4, -0.2) is 37.8 Å². The fourth-order valence-corrected chi connectivity index (χ4v) is 3.95. The number of alkyl halides is 1. The summed E-state index contributed by atoms with van der Waals surface area (Å²) in [4.78, 5) is -0.309. The van der Waals surface area contributed by atoms with Crippen LogP contribution in [0.25, 0.3) is 0 Å². The number of halogens is 2. The van der Waals surface area contributed by atoms with E-state index in [0.29, 0.717) is 11.3 Å². The van der Waals surface area contributed by atoms with Crippen LogP contribution in [0.2, 0.25) is 0 Å².